The number of hydrogen-bond donors (Lipinski definition) is 0. The lowest BCUT2D eigenvalue weighted by atomic mass is 10.2. The smallest absolute Gasteiger partial charge is 0.236 e. The fraction of sp³-hybridized carbons (Fsp3) is 0.368. The summed E-state index contributed by atoms with van der Waals surface area (Å²) in [6, 6.07) is 9.88. The standard InChI is InChI=1S/C19H23BrN4O2S/c20-17-6-8-18(9-7-17)23-12-14-24(15-13-23)27(25,26)16-3-1-2-5-19-21-10-4-11-22-19/h3-4,6-11,16H,1-2,5,12-15H2. The van der Waals surface area contributed by atoms with Gasteiger partial charge in [0.1, 0.15) is 5.82 Å². The second-order valence-corrected chi connectivity index (χ2v) is 9.07. The predicted octanol–water partition coefficient (Wildman–Crippen LogP) is 3.23. The summed E-state index contributed by atoms with van der Waals surface area (Å²) in [4.78, 5) is 10.5. The van der Waals surface area contributed by atoms with E-state index >= 15 is 0 Å². The third-order valence-corrected chi connectivity index (χ3v) is 6.60. The molecule has 27 heavy (non-hydrogen) atoms. The monoisotopic (exact) mass is 450 g/mol. The molecule has 0 bridgehead atoms. The summed E-state index contributed by atoms with van der Waals surface area (Å²) < 4.78 is 27.6. The van der Waals surface area contributed by atoms with Gasteiger partial charge in [-0.15, -0.1) is 0 Å². The van der Waals surface area contributed by atoms with Gasteiger partial charge in [0.25, 0.3) is 0 Å². The predicted molar refractivity (Wildman–Crippen MR) is 111 cm³/mol. The van der Waals surface area contributed by atoms with E-state index in [1.54, 1.807) is 28.8 Å². The highest BCUT2D eigenvalue weighted by molar-refractivity contribution is 9.10. The van der Waals surface area contributed by atoms with E-state index in [2.05, 4.69) is 30.8 Å². The van der Waals surface area contributed by atoms with Crippen LogP contribution >= 0.6 is 15.9 Å². The summed E-state index contributed by atoms with van der Waals surface area (Å²) in [7, 11) is -3.35. The van der Waals surface area contributed by atoms with Crippen LogP contribution in [0.2, 0.25) is 0 Å². The van der Waals surface area contributed by atoms with Gasteiger partial charge >= 0.3 is 0 Å². The summed E-state index contributed by atoms with van der Waals surface area (Å²) in [5, 5.41) is 1.34. The van der Waals surface area contributed by atoms with E-state index in [9.17, 15) is 8.42 Å². The Kier molecular flexibility index (Phi) is 6.98. The fourth-order valence-electron chi connectivity index (χ4n) is 2.97. The lowest BCUT2D eigenvalue weighted by Crippen LogP contribution is -2.48. The largest absolute Gasteiger partial charge is 0.369 e. The first-order chi connectivity index (χ1) is 13.0. The van der Waals surface area contributed by atoms with Crippen LogP contribution in [0.1, 0.15) is 18.7 Å². The number of halogens is 1. The zero-order chi connectivity index (χ0) is 19.1. The first kappa shape index (κ1) is 20.0. The lowest BCUT2D eigenvalue weighted by molar-refractivity contribution is 0.390. The van der Waals surface area contributed by atoms with Crippen molar-refractivity contribution in [3.05, 3.63) is 64.5 Å². The maximum absolute atomic E-state index is 12.5. The van der Waals surface area contributed by atoms with Gasteiger partial charge in [0, 0.05) is 60.6 Å². The second kappa shape index (κ2) is 9.43. The number of rotatable bonds is 7. The molecule has 3 rings (SSSR count). The Hall–Kier alpha value is -1.77. The molecule has 0 spiro atoms. The molecule has 1 aromatic heterocycles. The van der Waals surface area contributed by atoms with Crippen LogP contribution in [0.15, 0.2) is 58.7 Å². The van der Waals surface area contributed by atoms with E-state index in [0.717, 1.165) is 28.8 Å². The van der Waals surface area contributed by atoms with Crippen LogP contribution in [0.5, 0.6) is 0 Å². The Morgan fingerprint density at radius 1 is 1.04 bits per heavy atom. The van der Waals surface area contributed by atoms with Gasteiger partial charge in [-0.2, -0.15) is 4.31 Å². The molecule has 1 saturated heterocycles. The zero-order valence-electron chi connectivity index (χ0n) is 15.0. The van der Waals surface area contributed by atoms with E-state index in [0.29, 0.717) is 32.6 Å². The van der Waals surface area contributed by atoms with Crippen molar-refractivity contribution < 1.29 is 8.42 Å². The lowest BCUT2D eigenvalue weighted by Gasteiger charge is -2.34. The van der Waals surface area contributed by atoms with Gasteiger partial charge in [0.15, 0.2) is 0 Å². The number of allylic oxidation sites excluding steroid dienone is 1. The van der Waals surface area contributed by atoms with Crippen molar-refractivity contribution in [2.75, 3.05) is 31.1 Å². The van der Waals surface area contributed by atoms with Gasteiger partial charge in [-0.1, -0.05) is 22.0 Å². The van der Waals surface area contributed by atoms with Crippen LogP contribution in [0.25, 0.3) is 0 Å². The van der Waals surface area contributed by atoms with E-state index < -0.39 is 10.0 Å². The average Bonchev–Trinajstić information content (AvgIpc) is 2.69. The van der Waals surface area contributed by atoms with Crippen molar-refractivity contribution in [3.8, 4) is 0 Å². The Morgan fingerprint density at radius 3 is 2.37 bits per heavy atom. The van der Waals surface area contributed by atoms with E-state index in [1.807, 2.05) is 24.3 Å². The zero-order valence-corrected chi connectivity index (χ0v) is 17.4. The highest BCUT2D eigenvalue weighted by Gasteiger charge is 2.24. The van der Waals surface area contributed by atoms with Crippen molar-refractivity contribution in [2.24, 2.45) is 0 Å². The maximum Gasteiger partial charge on any atom is 0.236 e. The second-order valence-electron chi connectivity index (χ2n) is 6.34. The number of aromatic nitrogens is 2. The van der Waals surface area contributed by atoms with Crippen LogP contribution in [-0.2, 0) is 16.4 Å². The molecule has 1 aliphatic rings. The molecule has 0 radical (unpaired) electrons. The third kappa shape index (κ3) is 5.85. The molecule has 6 nitrogen and oxygen atoms in total. The Balaban J connectivity index is 1.45. The third-order valence-electron chi connectivity index (χ3n) is 4.45. The van der Waals surface area contributed by atoms with Gasteiger partial charge in [-0.3, -0.25) is 0 Å². The minimum Gasteiger partial charge on any atom is -0.369 e. The molecule has 0 unspecified atom stereocenters. The summed E-state index contributed by atoms with van der Waals surface area (Å²) in [5.41, 5.74) is 1.12. The molecule has 1 aromatic carbocycles. The highest BCUT2D eigenvalue weighted by atomic mass is 79.9. The molecule has 1 fully saturated rings. The van der Waals surface area contributed by atoms with Crippen LogP contribution < -0.4 is 4.90 Å². The molecule has 1 aliphatic heterocycles. The van der Waals surface area contributed by atoms with Crippen LogP contribution in [0.4, 0.5) is 5.69 Å². The molecule has 0 N–H and O–H groups in total. The maximum atomic E-state index is 12.5. The van der Waals surface area contributed by atoms with E-state index in [4.69, 9.17) is 0 Å². The summed E-state index contributed by atoms with van der Waals surface area (Å²) in [6.07, 6.45) is 7.44. The van der Waals surface area contributed by atoms with Crippen LogP contribution in [-0.4, -0.2) is 48.9 Å². The van der Waals surface area contributed by atoms with Crippen LogP contribution in [0, 0.1) is 0 Å². The minimum atomic E-state index is -3.35. The average molecular weight is 451 g/mol. The van der Waals surface area contributed by atoms with Gasteiger partial charge in [-0.25, -0.2) is 18.4 Å². The molecule has 144 valence electrons. The molecular formula is C19H23BrN4O2S. The van der Waals surface area contributed by atoms with Crippen molar-refractivity contribution in [3.63, 3.8) is 0 Å². The number of piperazine rings is 1. The number of nitrogens with zero attached hydrogens (tertiary/aromatic N) is 4. The van der Waals surface area contributed by atoms with Gasteiger partial charge in [0.05, 0.1) is 0 Å². The number of hydrogen-bond acceptors (Lipinski definition) is 5. The molecule has 8 heteroatoms. The molecule has 0 aliphatic carbocycles. The molecule has 2 aromatic rings. The SMILES string of the molecule is O=S(=O)(C=CCCCc1ncccn1)N1CCN(c2ccc(Br)cc2)CC1. The normalized spacial score (nSPS) is 16.1. The first-order valence-electron chi connectivity index (χ1n) is 8.98. The first-order valence-corrected chi connectivity index (χ1v) is 11.3. The molecule has 0 saturated carbocycles. The molecular weight excluding hydrogens is 428 g/mol. The quantitative estimate of drug-likeness (QED) is 0.605. The summed E-state index contributed by atoms with van der Waals surface area (Å²) in [5.74, 6) is 0.790. The van der Waals surface area contributed by atoms with Gasteiger partial charge in [-0.05, 0) is 43.2 Å². The van der Waals surface area contributed by atoms with Crippen molar-refractivity contribution in [1.29, 1.82) is 0 Å². The Labute approximate surface area is 169 Å². The topological polar surface area (TPSA) is 66.4 Å². The molecule has 0 atom stereocenters. The molecule has 0 amide bonds. The number of benzene rings is 1. The van der Waals surface area contributed by atoms with Crippen LogP contribution in [0.3, 0.4) is 0 Å². The summed E-state index contributed by atoms with van der Waals surface area (Å²) in [6.45, 7) is 2.39. The summed E-state index contributed by atoms with van der Waals surface area (Å²) >= 11 is 3.43. The van der Waals surface area contributed by atoms with E-state index in [1.165, 1.54) is 5.41 Å². The molecule has 2 heterocycles. The van der Waals surface area contributed by atoms with Gasteiger partial charge in [0.2, 0.25) is 10.0 Å². The number of unbranched alkanes of at least 4 members (excludes halogenated alkanes) is 1. The van der Waals surface area contributed by atoms with Crippen molar-refractivity contribution >= 4 is 31.6 Å². The van der Waals surface area contributed by atoms with E-state index in [-0.39, 0.29) is 0 Å². The fourth-order valence-corrected chi connectivity index (χ4v) is 4.45. The minimum absolute atomic E-state index is 0.501. The van der Waals surface area contributed by atoms with Crippen molar-refractivity contribution in [2.45, 2.75) is 19.3 Å². The van der Waals surface area contributed by atoms with Crippen molar-refractivity contribution in [1.82, 2.24) is 14.3 Å². The Bertz CT molecular complexity index is 849. The number of sulfonamides is 1. The Morgan fingerprint density at radius 2 is 1.70 bits per heavy atom. The highest BCUT2D eigenvalue weighted by Crippen LogP contribution is 2.20. The number of aryl methyl sites for hydroxylation is 1. The number of anilines is 1. The van der Waals surface area contributed by atoms with Gasteiger partial charge < -0.3 is 4.90 Å².